The summed E-state index contributed by atoms with van der Waals surface area (Å²) in [6, 6.07) is 15.7. The lowest BCUT2D eigenvalue weighted by molar-refractivity contribution is -0.114. The molecule has 3 aromatic rings. The minimum atomic E-state index is -0.387. The molecule has 0 bridgehead atoms. The van der Waals surface area contributed by atoms with Gasteiger partial charge in [-0.05, 0) is 36.4 Å². The molecule has 0 fully saturated rings. The molecule has 0 radical (unpaired) electrons. The molecule has 142 valence electrons. The second-order valence-electron chi connectivity index (χ2n) is 5.81. The average molecular weight is 377 g/mol. The first kappa shape index (κ1) is 18.8. The van der Waals surface area contributed by atoms with Crippen LogP contribution in [0.2, 0.25) is 0 Å². The molecule has 3 rings (SSSR count). The van der Waals surface area contributed by atoms with Crippen molar-refractivity contribution in [3.63, 3.8) is 0 Å². The third-order valence-corrected chi connectivity index (χ3v) is 3.68. The third-order valence-electron chi connectivity index (χ3n) is 3.68. The number of para-hydroxylation sites is 2. The smallest absolute Gasteiger partial charge is 0.274 e. The molecule has 0 spiro atoms. The molecule has 0 aliphatic rings. The van der Waals surface area contributed by atoms with Crippen LogP contribution in [0.1, 0.15) is 17.4 Å². The van der Waals surface area contributed by atoms with Gasteiger partial charge in [0, 0.05) is 24.5 Å². The fourth-order valence-corrected chi connectivity index (χ4v) is 2.49. The van der Waals surface area contributed by atoms with Crippen LogP contribution in [-0.4, -0.2) is 28.9 Å². The lowest BCUT2D eigenvalue weighted by atomic mass is 10.2. The van der Waals surface area contributed by atoms with E-state index in [0.717, 1.165) is 0 Å². The molecule has 28 heavy (non-hydrogen) atoms. The summed E-state index contributed by atoms with van der Waals surface area (Å²) in [6.45, 7) is 1.44. The number of carbonyl (C=O) groups excluding carboxylic acids is 2. The van der Waals surface area contributed by atoms with Crippen LogP contribution in [0.25, 0.3) is 0 Å². The molecule has 2 amide bonds. The molecule has 8 nitrogen and oxygen atoms in total. The van der Waals surface area contributed by atoms with Gasteiger partial charge in [-0.25, -0.2) is 9.97 Å². The molecule has 8 heteroatoms. The quantitative estimate of drug-likeness (QED) is 0.608. The second kappa shape index (κ2) is 8.63. The van der Waals surface area contributed by atoms with E-state index in [4.69, 9.17) is 4.74 Å². The minimum absolute atomic E-state index is 0.164. The first-order valence-electron chi connectivity index (χ1n) is 8.47. The summed E-state index contributed by atoms with van der Waals surface area (Å²) in [5, 5.41) is 8.49. The van der Waals surface area contributed by atoms with Crippen molar-refractivity contribution < 1.29 is 14.3 Å². The predicted molar refractivity (Wildman–Crippen MR) is 107 cm³/mol. The van der Waals surface area contributed by atoms with E-state index in [-0.39, 0.29) is 23.5 Å². The highest BCUT2D eigenvalue weighted by Crippen LogP contribution is 2.23. The number of hydrogen-bond acceptors (Lipinski definition) is 6. The zero-order valence-corrected chi connectivity index (χ0v) is 15.4. The van der Waals surface area contributed by atoms with Crippen LogP contribution >= 0.6 is 0 Å². The molecule has 0 unspecified atom stereocenters. The third kappa shape index (κ3) is 4.82. The lowest BCUT2D eigenvalue weighted by Crippen LogP contribution is -2.15. The Balaban J connectivity index is 1.75. The Morgan fingerprint density at radius 1 is 0.964 bits per heavy atom. The van der Waals surface area contributed by atoms with Crippen LogP contribution in [0, 0.1) is 0 Å². The van der Waals surface area contributed by atoms with Gasteiger partial charge in [-0.3, -0.25) is 9.59 Å². The predicted octanol–water partition coefficient (Wildman–Crippen LogP) is 3.44. The number of hydrogen-bond donors (Lipinski definition) is 3. The van der Waals surface area contributed by atoms with Gasteiger partial charge in [0.2, 0.25) is 11.9 Å². The highest BCUT2D eigenvalue weighted by atomic mass is 16.5. The molecular formula is C20H19N5O3. The van der Waals surface area contributed by atoms with E-state index in [9.17, 15) is 9.59 Å². The Labute approximate surface area is 162 Å². The summed E-state index contributed by atoms with van der Waals surface area (Å²) < 4.78 is 5.23. The van der Waals surface area contributed by atoms with Crippen LogP contribution in [-0.2, 0) is 4.79 Å². The summed E-state index contributed by atoms with van der Waals surface area (Å²) in [5.41, 5.74) is 2.06. The molecule has 0 saturated heterocycles. The second-order valence-corrected chi connectivity index (χ2v) is 5.81. The van der Waals surface area contributed by atoms with Crippen molar-refractivity contribution in [2.24, 2.45) is 0 Å². The van der Waals surface area contributed by atoms with Crippen molar-refractivity contribution >= 4 is 34.8 Å². The van der Waals surface area contributed by atoms with E-state index in [1.165, 1.54) is 26.3 Å². The van der Waals surface area contributed by atoms with Gasteiger partial charge in [0.05, 0.1) is 12.8 Å². The van der Waals surface area contributed by atoms with Crippen molar-refractivity contribution in [2.45, 2.75) is 6.92 Å². The number of nitrogens with one attached hydrogen (secondary N) is 3. The van der Waals surface area contributed by atoms with E-state index in [0.29, 0.717) is 22.8 Å². The number of ether oxygens (including phenoxy) is 1. The zero-order valence-electron chi connectivity index (χ0n) is 15.4. The summed E-state index contributed by atoms with van der Waals surface area (Å²) in [4.78, 5) is 32.1. The Morgan fingerprint density at radius 3 is 2.54 bits per heavy atom. The van der Waals surface area contributed by atoms with E-state index in [1.54, 1.807) is 42.5 Å². The first-order chi connectivity index (χ1) is 13.5. The summed E-state index contributed by atoms with van der Waals surface area (Å²) in [6.07, 6.45) is 1.49. The van der Waals surface area contributed by atoms with Gasteiger partial charge in [-0.2, -0.15) is 0 Å². The fourth-order valence-electron chi connectivity index (χ4n) is 2.49. The number of carbonyl (C=O) groups is 2. The van der Waals surface area contributed by atoms with Gasteiger partial charge in [0.25, 0.3) is 5.91 Å². The zero-order chi connectivity index (χ0) is 19.9. The number of aromatic nitrogens is 2. The normalized spacial score (nSPS) is 10.1. The number of anilines is 4. The Hall–Kier alpha value is -3.94. The molecule has 0 aliphatic carbocycles. The monoisotopic (exact) mass is 377 g/mol. The van der Waals surface area contributed by atoms with Gasteiger partial charge in [-0.15, -0.1) is 0 Å². The summed E-state index contributed by atoms with van der Waals surface area (Å²) in [7, 11) is 1.53. The van der Waals surface area contributed by atoms with E-state index >= 15 is 0 Å². The fraction of sp³-hybridized carbons (Fsp3) is 0.100. The SMILES string of the molecule is COc1ccccc1NC(=O)c1ccnc(Nc2cccc(NC(C)=O)c2)n1. The standard InChI is InChI=1S/C20H19N5O3/c1-13(26)22-14-6-5-7-15(12-14)23-20-21-11-10-17(25-20)19(27)24-16-8-3-4-9-18(16)28-2/h3-12H,1-2H3,(H,22,26)(H,24,27)(H,21,23,25). The van der Waals surface area contributed by atoms with E-state index in [2.05, 4.69) is 25.9 Å². The van der Waals surface area contributed by atoms with Crippen LogP contribution in [0.3, 0.4) is 0 Å². The Morgan fingerprint density at radius 2 is 1.75 bits per heavy atom. The highest BCUT2D eigenvalue weighted by molar-refractivity contribution is 6.03. The van der Waals surface area contributed by atoms with Crippen molar-refractivity contribution in [1.82, 2.24) is 9.97 Å². The largest absolute Gasteiger partial charge is 0.495 e. The minimum Gasteiger partial charge on any atom is -0.495 e. The number of methoxy groups -OCH3 is 1. The first-order valence-corrected chi connectivity index (χ1v) is 8.47. The van der Waals surface area contributed by atoms with Crippen molar-refractivity contribution in [2.75, 3.05) is 23.1 Å². The van der Waals surface area contributed by atoms with Gasteiger partial charge < -0.3 is 20.7 Å². The van der Waals surface area contributed by atoms with Gasteiger partial charge in [0.15, 0.2) is 0 Å². The molecule has 1 aromatic heterocycles. The summed E-state index contributed by atoms with van der Waals surface area (Å²) in [5.74, 6) is 0.260. The number of amides is 2. The Bertz CT molecular complexity index is 1010. The molecule has 2 aromatic carbocycles. The number of benzene rings is 2. The van der Waals surface area contributed by atoms with Crippen LogP contribution < -0.4 is 20.7 Å². The average Bonchev–Trinajstić information content (AvgIpc) is 2.68. The maximum absolute atomic E-state index is 12.5. The molecular weight excluding hydrogens is 358 g/mol. The van der Waals surface area contributed by atoms with Crippen molar-refractivity contribution in [3.05, 3.63) is 66.5 Å². The van der Waals surface area contributed by atoms with Gasteiger partial charge in [0.1, 0.15) is 11.4 Å². The lowest BCUT2D eigenvalue weighted by Gasteiger charge is -2.10. The summed E-state index contributed by atoms with van der Waals surface area (Å²) >= 11 is 0. The van der Waals surface area contributed by atoms with Crippen molar-refractivity contribution in [3.8, 4) is 5.75 Å². The van der Waals surface area contributed by atoms with Crippen LogP contribution in [0.4, 0.5) is 23.0 Å². The van der Waals surface area contributed by atoms with Crippen LogP contribution in [0.15, 0.2) is 60.8 Å². The molecule has 1 heterocycles. The van der Waals surface area contributed by atoms with E-state index in [1.807, 2.05) is 6.07 Å². The molecule has 3 N–H and O–H groups in total. The maximum atomic E-state index is 12.5. The van der Waals surface area contributed by atoms with E-state index < -0.39 is 0 Å². The van der Waals surface area contributed by atoms with Gasteiger partial charge in [-0.1, -0.05) is 18.2 Å². The maximum Gasteiger partial charge on any atom is 0.274 e. The van der Waals surface area contributed by atoms with Gasteiger partial charge >= 0.3 is 0 Å². The topological polar surface area (TPSA) is 105 Å². The highest BCUT2D eigenvalue weighted by Gasteiger charge is 2.12. The number of rotatable bonds is 6. The van der Waals surface area contributed by atoms with Crippen molar-refractivity contribution in [1.29, 1.82) is 0 Å². The molecule has 0 saturated carbocycles. The Kier molecular flexibility index (Phi) is 5.81. The molecule has 0 aliphatic heterocycles. The number of nitrogens with zero attached hydrogens (tertiary/aromatic N) is 2. The van der Waals surface area contributed by atoms with Crippen LogP contribution in [0.5, 0.6) is 5.75 Å². The molecule has 0 atom stereocenters.